The first-order chi connectivity index (χ1) is 12.7. The topological polar surface area (TPSA) is 37.3 Å². The molecule has 26 heavy (non-hydrogen) atoms. The van der Waals surface area contributed by atoms with Crippen LogP contribution in [0.4, 0.5) is 5.69 Å². The molecule has 2 aromatic carbocycles. The quantitative estimate of drug-likeness (QED) is 0.766. The zero-order valence-corrected chi connectivity index (χ0v) is 15.2. The molecular weight excluding hydrogens is 322 g/mol. The minimum Gasteiger partial charge on any atom is -0.371 e. The van der Waals surface area contributed by atoms with E-state index in [0.717, 1.165) is 37.3 Å². The third kappa shape index (κ3) is 3.45. The summed E-state index contributed by atoms with van der Waals surface area (Å²) in [5.74, 6) is 0.606. The van der Waals surface area contributed by atoms with Crippen molar-refractivity contribution in [3.63, 3.8) is 0 Å². The first-order valence-electron chi connectivity index (χ1n) is 9.32. The van der Waals surface area contributed by atoms with Gasteiger partial charge in [0.15, 0.2) is 0 Å². The average molecular weight is 347 g/mol. The summed E-state index contributed by atoms with van der Waals surface area (Å²) < 4.78 is 2.09. The second kappa shape index (κ2) is 7.24. The molecule has 0 radical (unpaired) electrons. The molecule has 134 valence electrons. The van der Waals surface area contributed by atoms with E-state index >= 15 is 0 Å². The summed E-state index contributed by atoms with van der Waals surface area (Å²) in [5.41, 5.74) is 3.52. The van der Waals surface area contributed by atoms with Crippen molar-refractivity contribution in [2.24, 2.45) is 5.92 Å². The Morgan fingerprint density at radius 2 is 1.88 bits per heavy atom. The van der Waals surface area contributed by atoms with Crippen LogP contribution in [0, 0.1) is 12.8 Å². The number of rotatable bonds is 5. The van der Waals surface area contributed by atoms with Gasteiger partial charge in [0.25, 0.3) is 0 Å². The smallest absolute Gasteiger partial charge is 0.239 e. The van der Waals surface area contributed by atoms with E-state index in [-0.39, 0.29) is 5.91 Å². The number of fused-ring (bicyclic) bond motifs is 1. The molecule has 3 aromatic rings. The highest BCUT2D eigenvalue weighted by atomic mass is 16.1. The number of anilines is 1. The fourth-order valence-electron chi connectivity index (χ4n) is 3.89. The minimum absolute atomic E-state index is 0.0904. The van der Waals surface area contributed by atoms with E-state index in [2.05, 4.69) is 64.2 Å². The van der Waals surface area contributed by atoms with Gasteiger partial charge in [-0.1, -0.05) is 36.4 Å². The number of hydrogen-bond acceptors (Lipinski definition) is 2. The highest BCUT2D eigenvalue weighted by Gasteiger charge is 2.23. The molecule has 0 spiro atoms. The van der Waals surface area contributed by atoms with Crippen LogP contribution >= 0.6 is 0 Å². The lowest BCUT2D eigenvalue weighted by Gasteiger charge is -2.18. The number of amides is 1. The highest BCUT2D eigenvalue weighted by molar-refractivity contribution is 5.84. The van der Waals surface area contributed by atoms with Crippen molar-refractivity contribution in [1.29, 1.82) is 0 Å². The third-order valence-corrected chi connectivity index (χ3v) is 5.31. The zero-order chi connectivity index (χ0) is 17.9. The van der Waals surface area contributed by atoms with Gasteiger partial charge in [-0.25, -0.2) is 0 Å². The summed E-state index contributed by atoms with van der Waals surface area (Å²) in [5, 5.41) is 4.33. The van der Waals surface area contributed by atoms with Gasteiger partial charge in [-0.3, -0.25) is 4.79 Å². The number of para-hydroxylation sites is 2. The molecule has 0 saturated carbocycles. The SMILES string of the molecule is Cc1cc2ccccc2n1CC(=O)NCC1CCN(c2ccccc2)C1. The molecule has 1 unspecified atom stereocenters. The Labute approximate surface area is 154 Å². The largest absolute Gasteiger partial charge is 0.371 e. The summed E-state index contributed by atoms with van der Waals surface area (Å²) in [6, 6.07) is 20.9. The Balaban J connectivity index is 1.32. The molecule has 1 atom stereocenters. The van der Waals surface area contributed by atoms with Crippen LogP contribution in [0.15, 0.2) is 60.7 Å². The second-order valence-electron chi connectivity index (χ2n) is 7.17. The third-order valence-electron chi connectivity index (χ3n) is 5.31. The summed E-state index contributed by atoms with van der Waals surface area (Å²) in [7, 11) is 0. The molecule has 4 rings (SSSR count). The Kier molecular flexibility index (Phi) is 4.65. The monoisotopic (exact) mass is 347 g/mol. The van der Waals surface area contributed by atoms with Gasteiger partial charge < -0.3 is 14.8 Å². The van der Waals surface area contributed by atoms with Gasteiger partial charge in [0, 0.05) is 36.5 Å². The van der Waals surface area contributed by atoms with Crippen LogP contribution < -0.4 is 10.2 Å². The van der Waals surface area contributed by atoms with E-state index in [1.54, 1.807) is 0 Å². The van der Waals surface area contributed by atoms with Gasteiger partial charge in [-0.15, -0.1) is 0 Å². The first-order valence-corrected chi connectivity index (χ1v) is 9.32. The molecule has 1 N–H and O–H groups in total. The van der Waals surface area contributed by atoms with E-state index in [9.17, 15) is 4.79 Å². The molecule has 4 nitrogen and oxygen atoms in total. The first kappa shape index (κ1) is 16.7. The Morgan fingerprint density at radius 3 is 2.73 bits per heavy atom. The highest BCUT2D eigenvalue weighted by Crippen LogP contribution is 2.23. The molecule has 1 aliphatic heterocycles. The van der Waals surface area contributed by atoms with Crippen LogP contribution in [0.5, 0.6) is 0 Å². The Morgan fingerprint density at radius 1 is 1.12 bits per heavy atom. The standard InChI is InChI=1S/C22H25N3O/c1-17-13-19-7-5-6-10-21(19)25(17)16-22(26)23-14-18-11-12-24(15-18)20-8-3-2-4-9-20/h2-10,13,18H,11-12,14-16H2,1H3,(H,23,26). The lowest BCUT2D eigenvalue weighted by atomic mass is 10.1. The Hall–Kier alpha value is -2.75. The molecule has 1 fully saturated rings. The predicted molar refractivity (Wildman–Crippen MR) is 106 cm³/mol. The molecule has 2 heterocycles. The fourth-order valence-corrected chi connectivity index (χ4v) is 3.89. The van der Waals surface area contributed by atoms with Crippen molar-refractivity contribution in [2.75, 3.05) is 24.5 Å². The van der Waals surface area contributed by atoms with Gasteiger partial charge in [0.1, 0.15) is 6.54 Å². The number of carbonyl (C=O) groups is 1. The molecular formula is C22H25N3O. The number of carbonyl (C=O) groups excluding carboxylic acids is 1. The van der Waals surface area contributed by atoms with Crippen molar-refractivity contribution in [2.45, 2.75) is 19.9 Å². The Bertz CT molecular complexity index is 900. The number of aryl methyl sites for hydroxylation is 1. The lowest BCUT2D eigenvalue weighted by Crippen LogP contribution is -2.33. The van der Waals surface area contributed by atoms with Crippen LogP contribution in [-0.2, 0) is 11.3 Å². The molecule has 1 saturated heterocycles. The average Bonchev–Trinajstić information content (AvgIpc) is 3.26. The van der Waals surface area contributed by atoms with Crippen LogP contribution in [-0.4, -0.2) is 30.1 Å². The van der Waals surface area contributed by atoms with Crippen molar-refractivity contribution in [3.05, 3.63) is 66.4 Å². The van der Waals surface area contributed by atoms with Crippen LogP contribution in [0.25, 0.3) is 10.9 Å². The number of benzene rings is 2. The van der Waals surface area contributed by atoms with Gasteiger partial charge in [0.2, 0.25) is 5.91 Å². The number of nitrogens with one attached hydrogen (secondary N) is 1. The van der Waals surface area contributed by atoms with Crippen LogP contribution in [0.2, 0.25) is 0 Å². The van der Waals surface area contributed by atoms with Crippen molar-refractivity contribution < 1.29 is 4.79 Å². The number of nitrogens with zero attached hydrogens (tertiary/aromatic N) is 2. The van der Waals surface area contributed by atoms with Gasteiger partial charge >= 0.3 is 0 Å². The van der Waals surface area contributed by atoms with E-state index in [0.29, 0.717) is 12.5 Å². The van der Waals surface area contributed by atoms with Crippen molar-refractivity contribution in [3.8, 4) is 0 Å². The van der Waals surface area contributed by atoms with E-state index in [1.807, 2.05) is 18.2 Å². The maximum atomic E-state index is 12.5. The lowest BCUT2D eigenvalue weighted by molar-refractivity contribution is -0.121. The van der Waals surface area contributed by atoms with E-state index in [4.69, 9.17) is 0 Å². The van der Waals surface area contributed by atoms with Crippen LogP contribution in [0.1, 0.15) is 12.1 Å². The molecule has 0 bridgehead atoms. The normalized spacial score (nSPS) is 17.0. The molecule has 0 aliphatic carbocycles. The van der Waals surface area contributed by atoms with Gasteiger partial charge in [-0.05, 0) is 48.9 Å². The molecule has 1 aromatic heterocycles. The number of aromatic nitrogens is 1. The summed E-state index contributed by atoms with van der Waals surface area (Å²) in [6.07, 6.45) is 1.13. The maximum Gasteiger partial charge on any atom is 0.239 e. The zero-order valence-electron chi connectivity index (χ0n) is 15.2. The van der Waals surface area contributed by atoms with Crippen molar-refractivity contribution in [1.82, 2.24) is 9.88 Å². The second-order valence-corrected chi connectivity index (χ2v) is 7.17. The number of hydrogen-bond donors (Lipinski definition) is 1. The fraction of sp³-hybridized carbons (Fsp3) is 0.318. The van der Waals surface area contributed by atoms with E-state index < -0.39 is 0 Å². The van der Waals surface area contributed by atoms with Gasteiger partial charge in [-0.2, -0.15) is 0 Å². The molecule has 4 heteroatoms. The van der Waals surface area contributed by atoms with E-state index in [1.165, 1.54) is 11.1 Å². The summed E-state index contributed by atoms with van der Waals surface area (Å²) in [6.45, 7) is 5.26. The maximum absolute atomic E-state index is 12.5. The summed E-state index contributed by atoms with van der Waals surface area (Å²) >= 11 is 0. The predicted octanol–water partition coefficient (Wildman–Crippen LogP) is 3.59. The van der Waals surface area contributed by atoms with Gasteiger partial charge in [0.05, 0.1) is 0 Å². The molecule has 1 amide bonds. The van der Waals surface area contributed by atoms with Crippen molar-refractivity contribution >= 4 is 22.5 Å². The summed E-state index contributed by atoms with van der Waals surface area (Å²) in [4.78, 5) is 14.9. The molecule has 1 aliphatic rings. The minimum atomic E-state index is 0.0904. The van der Waals surface area contributed by atoms with Crippen LogP contribution in [0.3, 0.4) is 0 Å².